The van der Waals surface area contributed by atoms with Gasteiger partial charge >= 0.3 is 0 Å². The van der Waals surface area contributed by atoms with Crippen LogP contribution in [-0.4, -0.2) is 29.6 Å². The predicted molar refractivity (Wildman–Crippen MR) is 111 cm³/mol. The summed E-state index contributed by atoms with van der Waals surface area (Å²) >= 11 is 0. The van der Waals surface area contributed by atoms with Gasteiger partial charge in [0.15, 0.2) is 5.92 Å². The van der Waals surface area contributed by atoms with E-state index < -0.39 is 17.7 Å². The second-order valence-corrected chi connectivity index (χ2v) is 6.24. The number of nitrogens with zero attached hydrogens (tertiary/aromatic N) is 1. The van der Waals surface area contributed by atoms with E-state index >= 15 is 0 Å². The van der Waals surface area contributed by atoms with Crippen molar-refractivity contribution in [3.63, 3.8) is 0 Å². The number of anilines is 2. The SMILES string of the molecule is COc1ccc(NC(=O)C(C(C)=N)C(=O)Nc2cccc(-c3ccco3)c2)cn1.[HH]. The Labute approximate surface area is 168 Å². The van der Waals surface area contributed by atoms with Crippen molar-refractivity contribution in [2.75, 3.05) is 17.7 Å². The Bertz CT molecular complexity index is 1020. The Morgan fingerprint density at radius 3 is 2.45 bits per heavy atom. The average Bonchev–Trinajstić information content (AvgIpc) is 3.23. The van der Waals surface area contributed by atoms with Crippen LogP contribution >= 0.6 is 0 Å². The van der Waals surface area contributed by atoms with E-state index in [-0.39, 0.29) is 7.14 Å². The zero-order valence-corrected chi connectivity index (χ0v) is 15.9. The van der Waals surface area contributed by atoms with Gasteiger partial charge in [-0.3, -0.25) is 9.59 Å². The summed E-state index contributed by atoms with van der Waals surface area (Å²) in [6.07, 6.45) is 2.98. The maximum atomic E-state index is 12.7. The molecule has 2 heterocycles. The van der Waals surface area contributed by atoms with Crippen LogP contribution in [-0.2, 0) is 9.59 Å². The molecular formula is C21H22N4O4. The van der Waals surface area contributed by atoms with Crippen molar-refractivity contribution >= 4 is 28.9 Å². The summed E-state index contributed by atoms with van der Waals surface area (Å²) in [6, 6.07) is 13.8. The van der Waals surface area contributed by atoms with Gasteiger partial charge in [0.05, 0.1) is 25.3 Å². The molecule has 0 spiro atoms. The molecule has 0 bridgehead atoms. The number of carbonyl (C=O) groups is 2. The van der Waals surface area contributed by atoms with Gasteiger partial charge in [0.2, 0.25) is 17.7 Å². The van der Waals surface area contributed by atoms with Gasteiger partial charge in [0.25, 0.3) is 0 Å². The molecule has 3 aromatic rings. The maximum absolute atomic E-state index is 12.7. The highest BCUT2D eigenvalue weighted by Crippen LogP contribution is 2.23. The van der Waals surface area contributed by atoms with Crippen LogP contribution in [0.2, 0.25) is 0 Å². The molecule has 0 aliphatic rings. The fraction of sp³-hybridized carbons (Fsp3) is 0.143. The Hall–Kier alpha value is -3.94. The monoisotopic (exact) mass is 394 g/mol. The van der Waals surface area contributed by atoms with Crippen molar-refractivity contribution in [1.29, 1.82) is 5.41 Å². The lowest BCUT2D eigenvalue weighted by Crippen LogP contribution is -2.38. The zero-order valence-electron chi connectivity index (χ0n) is 15.9. The third-order valence-electron chi connectivity index (χ3n) is 4.11. The molecule has 1 aromatic carbocycles. The first-order chi connectivity index (χ1) is 14.0. The minimum absolute atomic E-state index is 0. The van der Waals surface area contributed by atoms with Gasteiger partial charge < -0.3 is 25.2 Å². The number of amides is 2. The normalized spacial score (nSPS) is 11.4. The number of nitrogens with one attached hydrogen (secondary N) is 3. The van der Waals surface area contributed by atoms with Gasteiger partial charge in [-0.2, -0.15) is 0 Å². The molecule has 0 aliphatic heterocycles. The van der Waals surface area contributed by atoms with Gasteiger partial charge in [0.1, 0.15) is 5.76 Å². The first-order valence-electron chi connectivity index (χ1n) is 8.78. The molecular weight excluding hydrogens is 372 g/mol. The molecule has 3 N–H and O–H groups in total. The highest BCUT2D eigenvalue weighted by Gasteiger charge is 2.29. The minimum Gasteiger partial charge on any atom is -0.481 e. The number of pyridine rings is 1. The Morgan fingerprint density at radius 2 is 1.86 bits per heavy atom. The van der Waals surface area contributed by atoms with E-state index in [1.54, 1.807) is 42.7 Å². The Morgan fingerprint density at radius 1 is 1.10 bits per heavy atom. The van der Waals surface area contributed by atoms with Crippen molar-refractivity contribution in [2.45, 2.75) is 6.92 Å². The predicted octanol–water partition coefficient (Wildman–Crippen LogP) is 3.83. The Balaban J connectivity index is 0.00000320. The largest absolute Gasteiger partial charge is 0.481 e. The lowest BCUT2D eigenvalue weighted by atomic mass is 10.0. The first-order valence-corrected chi connectivity index (χ1v) is 8.78. The highest BCUT2D eigenvalue weighted by molar-refractivity contribution is 6.24. The van der Waals surface area contributed by atoms with Gasteiger partial charge in [-0.15, -0.1) is 0 Å². The Kier molecular flexibility index (Phi) is 6.03. The molecule has 2 amide bonds. The van der Waals surface area contributed by atoms with E-state index in [2.05, 4.69) is 15.6 Å². The molecule has 150 valence electrons. The molecule has 8 heteroatoms. The van der Waals surface area contributed by atoms with Crippen molar-refractivity contribution in [3.05, 3.63) is 61.0 Å². The molecule has 8 nitrogen and oxygen atoms in total. The number of rotatable bonds is 7. The molecule has 2 aromatic heterocycles. The summed E-state index contributed by atoms with van der Waals surface area (Å²) in [4.78, 5) is 29.3. The van der Waals surface area contributed by atoms with Crippen LogP contribution in [0.1, 0.15) is 8.35 Å². The van der Waals surface area contributed by atoms with Gasteiger partial charge in [-0.1, -0.05) is 12.1 Å². The standard InChI is InChI=1S/C21H20N4O4.H2/c1-13(22)19(21(27)25-16-8-9-18(28-2)23-12-16)20(26)24-15-6-3-5-14(11-15)17-7-4-10-29-17;/h3-12,19,22H,1-2H3,(H,24,26)(H,25,27);1H. The van der Waals surface area contributed by atoms with E-state index in [0.29, 0.717) is 23.0 Å². The maximum Gasteiger partial charge on any atom is 0.242 e. The molecule has 0 saturated carbocycles. The number of carbonyl (C=O) groups excluding carboxylic acids is 2. The van der Waals surface area contributed by atoms with Crippen molar-refractivity contribution < 1.29 is 20.2 Å². The number of furan rings is 1. The number of hydrogen-bond acceptors (Lipinski definition) is 6. The van der Waals surface area contributed by atoms with Crippen LogP contribution in [0.3, 0.4) is 0 Å². The van der Waals surface area contributed by atoms with Gasteiger partial charge in [-0.05, 0) is 37.3 Å². The lowest BCUT2D eigenvalue weighted by molar-refractivity contribution is -0.126. The zero-order chi connectivity index (χ0) is 20.8. The lowest BCUT2D eigenvalue weighted by Gasteiger charge is -2.16. The third kappa shape index (κ3) is 4.86. The fourth-order valence-electron chi connectivity index (χ4n) is 2.71. The summed E-state index contributed by atoms with van der Waals surface area (Å²) in [5, 5.41) is 13.2. The number of hydrogen-bond donors (Lipinski definition) is 3. The van der Waals surface area contributed by atoms with E-state index in [4.69, 9.17) is 14.6 Å². The summed E-state index contributed by atoms with van der Waals surface area (Å²) in [6.45, 7) is 1.41. The smallest absolute Gasteiger partial charge is 0.242 e. The van der Waals surface area contributed by atoms with Crippen molar-refractivity contribution in [1.82, 2.24) is 4.98 Å². The second kappa shape index (κ2) is 8.83. The van der Waals surface area contributed by atoms with E-state index in [1.807, 2.05) is 12.1 Å². The molecule has 1 unspecified atom stereocenters. The fourth-order valence-corrected chi connectivity index (χ4v) is 2.71. The molecule has 0 fully saturated rings. The second-order valence-electron chi connectivity index (χ2n) is 6.24. The van der Waals surface area contributed by atoms with Gasteiger partial charge in [-0.25, -0.2) is 4.98 Å². The summed E-state index contributed by atoms with van der Waals surface area (Å²) < 4.78 is 10.3. The highest BCUT2D eigenvalue weighted by atomic mass is 16.5. The molecule has 29 heavy (non-hydrogen) atoms. The molecule has 1 atom stereocenters. The molecule has 3 rings (SSSR count). The van der Waals surface area contributed by atoms with E-state index in [9.17, 15) is 9.59 Å². The molecule has 0 saturated heterocycles. The number of benzene rings is 1. The molecule has 0 aliphatic carbocycles. The van der Waals surface area contributed by atoms with Crippen LogP contribution in [0.5, 0.6) is 5.88 Å². The van der Waals surface area contributed by atoms with E-state index in [1.165, 1.54) is 20.2 Å². The van der Waals surface area contributed by atoms with Crippen LogP contribution in [0, 0.1) is 11.3 Å². The van der Waals surface area contributed by atoms with Crippen LogP contribution < -0.4 is 15.4 Å². The number of ether oxygens (including phenoxy) is 1. The summed E-state index contributed by atoms with van der Waals surface area (Å²) in [5.41, 5.74) is 1.59. The average molecular weight is 394 g/mol. The quantitative estimate of drug-likeness (QED) is 0.416. The molecule has 0 radical (unpaired) electrons. The van der Waals surface area contributed by atoms with Crippen LogP contribution in [0.25, 0.3) is 11.3 Å². The van der Waals surface area contributed by atoms with Crippen LogP contribution in [0.15, 0.2) is 65.4 Å². The number of methoxy groups -OCH3 is 1. The first kappa shape index (κ1) is 19.8. The third-order valence-corrected chi connectivity index (χ3v) is 4.11. The van der Waals surface area contributed by atoms with Gasteiger partial charge in [0, 0.05) is 24.5 Å². The van der Waals surface area contributed by atoms with Crippen molar-refractivity contribution in [3.8, 4) is 17.2 Å². The van der Waals surface area contributed by atoms with Crippen LogP contribution in [0.4, 0.5) is 11.4 Å². The summed E-state index contributed by atoms with van der Waals surface area (Å²) in [5.74, 6) is -1.45. The van der Waals surface area contributed by atoms with Crippen molar-refractivity contribution in [2.24, 2.45) is 5.92 Å². The topological polar surface area (TPSA) is 117 Å². The summed E-state index contributed by atoms with van der Waals surface area (Å²) in [7, 11) is 1.49. The number of aromatic nitrogens is 1. The van der Waals surface area contributed by atoms with E-state index in [0.717, 1.165) is 5.56 Å². The minimum atomic E-state index is -1.29.